The molecule has 2 aromatic heterocycles. The summed E-state index contributed by atoms with van der Waals surface area (Å²) in [4.78, 5) is 13.3. The van der Waals surface area contributed by atoms with Crippen LogP contribution in [0.5, 0.6) is 11.5 Å². The van der Waals surface area contributed by atoms with Gasteiger partial charge in [-0.2, -0.15) is 0 Å². The zero-order chi connectivity index (χ0) is 22.5. The molecule has 0 aliphatic heterocycles. The number of aromatic nitrogens is 2. The van der Waals surface area contributed by atoms with E-state index < -0.39 is 0 Å². The minimum absolute atomic E-state index is 0.201. The lowest BCUT2D eigenvalue weighted by molar-refractivity contribution is 0.102. The van der Waals surface area contributed by atoms with Crippen LogP contribution in [-0.4, -0.2) is 29.4 Å². The predicted octanol–water partition coefficient (Wildman–Crippen LogP) is 6.43. The molecule has 9 heteroatoms. The Morgan fingerprint density at radius 3 is 2.56 bits per heavy atom. The molecule has 2 heterocycles. The number of thiophene rings is 1. The molecular formula is C23H22ClN3O4S. The Bertz CT molecular complexity index is 1240. The summed E-state index contributed by atoms with van der Waals surface area (Å²) in [6, 6.07) is 13.0. The van der Waals surface area contributed by atoms with E-state index in [2.05, 4.69) is 15.6 Å². The smallest absolute Gasteiger partial charge is 0.268 e. The minimum Gasteiger partial charge on any atom is -0.490 e. The van der Waals surface area contributed by atoms with Crippen molar-refractivity contribution in [2.24, 2.45) is 0 Å². The van der Waals surface area contributed by atoms with Crippen LogP contribution in [0.3, 0.4) is 0 Å². The molecule has 7 nitrogen and oxygen atoms in total. The first-order valence-electron chi connectivity index (χ1n) is 10.3. The third-order valence-corrected chi connectivity index (χ3v) is 6.28. The molecule has 4 aromatic rings. The van der Waals surface area contributed by atoms with Crippen molar-refractivity contribution in [3.8, 4) is 22.8 Å². The van der Waals surface area contributed by atoms with Gasteiger partial charge in [-0.25, -0.2) is 4.63 Å². The van der Waals surface area contributed by atoms with Gasteiger partial charge in [-0.05, 0) is 47.4 Å². The second-order valence-corrected chi connectivity index (χ2v) is 8.45. The fraction of sp³-hybridized carbons (Fsp3) is 0.261. The van der Waals surface area contributed by atoms with Crippen molar-refractivity contribution in [3.05, 3.63) is 52.4 Å². The molecular weight excluding hydrogens is 450 g/mol. The molecule has 0 saturated heterocycles. The van der Waals surface area contributed by atoms with Gasteiger partial charge in [0.05, 0.1) is 18.2 Å². The topological polar surface area (TPSA) is 86.5 Å². The Morgan fingerprint density at radius 2 is 1.81 bits per heavy atom. The number of carbonyl (C=O) groups excluding carboxylic acids is 1. The number of carbonyl (C=O) groups is 1. The highest BCUT2D eigenvalue weighted by atomic mass is 35.5. The number of anilines is 1. The van der Waals surface area contributed by atoms with E-state index in [1.165, 1.54) is 11.3 Å². The second kappa shape index (κ2) is 10.0. The lowest BCUT2D eigenvalue weighted by Crippen LogP contribution is -2.11. The van der Waals surface area contributed by atoms with Crippen LogP contribution in [0.1, 0.15) is 36.4 Å². The fourth-order valence-electron chi connectivity index (χ4n) is 3.10. The summed E-state index contributed by atoms with van der Waals surface area (Å²) in [6.45, 7) is 5.21. The molecule has 0 aliphatic carbocycles. The van der Waals surface area contributed by atoms with E-state index in [9.17, 15) is 4.79 Å². The molecule has 2 aromatic carbocycles. The zero-order valence-corrected chi connectivity index (χ0v) is 19.3. The van der Waals surface area contributed by atoms with Gasteiger partial charge in [-0.15, -0.1) is 11.3 Å². The number of rotatable bonds is 9. The molecule has 1 amide bonds. The van der Waals surface area contributed by atoms with Crippen molar-refractivity contribution in [1.29, 1.82) is 0 Å². The van der Waals surface area contributed by atoms with Crippen molar-refractivity contribution < 1.29 is 18.9 Å². The molecule has 0 aliphatic rings. The highest BCUT2D eigenvalue weighted by Crippen LogP contribution is 2.37. The van der Waals surface area contributed by atoms with Crippen LogP contribution < -0.4 is 14.8 Å². The first-order chi connectivity index (χ1) is 15.6. The Kier molecular flexibility index (Phi) is 6.92. The molecule has 0 atom stereocenters. The first-order valence-corrected chi connectivity index (χ1v) is 11.5. The Morgan fingerprint density at radius 1 is 1.06 bits per heavy atom. The van der Waals surface area contributed by atoms with Crippen molar-refractivity contribution in [3.63, 3.8) is 0 Å². The minimum atomic E-state index is -0.376. The summed E-state index contributed by atoms with van der Waals surface area (Å²) in [7, 11) is 0. The average Bonchev–Trinajstić information content (AvgIpc) is 3.41. The molecule has 0 radical (unpaired) electrons. The zero-order valence-electron chi connectivity index (χ0n) is 17.7. The monoisotopic (exact) mass is 471 g/mol. The molecule has 4 rings (SSSR count). The average molecular weight is 472 g/mol. The maximum absolute atomic E-state index is 12.9. The van der Waals surface area contributed by atoms with Crippen molar-refractivity contribution in [2.75, 3.05) is 18.5 Å². The number of ether oxygens (including phenoxy) is 2. The Hall–Kier alpha value is -3.10. The number of halogens is 1. The molecule has 32 heavy (non-hydrogen) atoms. The van der Waals surface area contributed by atoms with Gasteiger partial charge in [0.1, 0.15) is 4.88 Å². The number of benzene rings is 2. The fourth-order valence-corrected chi connectivity index (χ4v) is 4.51. The van der Waals surface area contributed by atoms with Crippen LogP contribution in [0.4, 0.5) is 5.82 Å². The quantitative estimate of drug-likeness (QED) is 0.302. The maximum atomic E-state index is 12.9. The predicted molar refractivity (Wildman–Crippen MR) is 126 cm³/mol. The van der Waals surface area contributed by atoms with E-state index in [0.717, 1.165) is 22.9 Å². The van der Waals surface area contributed by atoms with E-state index >= 15 is 0 Å². The largest absolute Gasteiger partial charge is 0.490 e. The highest BCUT2D eigenvalue weighted by Gasteiger charge is 2.22. The number of fused-ring (bicyclic) bond motifs is 1. The van der Waals surface area contributed by atoms with E-state index in [-0.39, 0.29) is 11.7 Å². The van der Waals surface area contributed by atoms with E-state index in [0.29, 0.717) is 45.9 Å². The lowest BCUT2D eigenvalue weighted by atomic mass is 10.1. The summed E-state index contributed by atoms with van der Waals surface area (Å²) >= 11 is 7.75. The Labute approximate surface area is 194 Å². The van der Waals surface area contributed by atoms with E-state index in [1.807, 2.05) is 56.3 Å². The summed E-state index contributed by atoms with van der Waals surface area (Å²) in [5.41, 5.74) is 1.07. The van der Waals surface area contributed by atoms with Gasteiger partial charge in [0, 0.05) is 15.6 Å². The molecule has 1 N–H and O–H groups in total. The van der Waals surface area contributed by atoms with E-state index in [1.54, 1.807) is 0 Å². The third kappa shape index (κ3) is 4.56. The molecule has 0 fully saturated rings. The van der Waals surface area contributed by atoms with Crippen LogP contribution in [0.15, 0.2) is 47.1 Å². The molecule has 0 spiro atoms. The number of nitrogens with zero attached hydrogens (tertiary/aromatic N) is 2. The SMILES string of the molecule is CCCOc1ccc(-c2nonc2NC(=O)c2sc3ccccc3c2Cl)cc1OCCC. The summed E-state index contributed by atoms with van der Waals surface area (Å²) in [5.74, 6) is 1.08. The van der Waals surface area contributed by atoms with Gasteiger partial charge < -0.3 is 14.8 Å². The van der Waals surface area contributed by atoms with Crippen LogP contribution in [-0.2, 0) is 0 Å². The molecule has 0 bridgehead atoms. The number of amides is 1. The third-order valence-electron chi connectivity index (χ3n) is 4.60. The summed E-state index contributed by atoms with van der Waals surface area (Å²) in [6.07, 6.45) is 1.75. The van der Waals surface area contributed by atoms with E-state index in [4.69, 9.17) is 25.7 Å². The Balaban J connectivity index is 1.61. The van der Waals surface area contributed by atoms with Gasteiger partial charge in [0.25, 0.3) is 5.91 Å². The van der Waals surface area contributed by atoms with Gasteiger partial charge >= 0.3 is 0 Å². The lowest BCUT2D eigenvalue weighted by Gasteiger charge is -2.13. The van der Waals surface area contributed by atoms with Gasteiger partial charge in [-0.1, -0.05) is 43.6 Å². The summed E-state index contributed by atoms with van der Waals surface area (Å²) in [5, 5.41) is 11.9. The van der Waals surface area contributed by atoms with Gasteiger partial charge in [0.2, 0.25) is 5.82 Å². The van der Waals surface area contributed by atoms with Crippen molar-refractivity contribution >= 4 is 44.7 Å². The molecule has 0 unspecified atom stereocenters. The van der Waals surface area contributed by atoms with Gasteiger partial charge in [0.15, 0.2) is 17.2 Å². The number of nitrogens with one attached hydrogen (secondary N) is 1. The highest BCUT2D eigenvalue weighted by molar-refractivity contribution is 7.21. The van der Waals surface area contributed by atoms with Crippen molar-refractivity contribution in [2.45, 2.75) is 26.7 Å². The number of hydrogen-bond donors (Lipinski definition) is 1. The van der Waals surface area contributed by atoms with Crippen LogP contribution in [0.25, 0.3) is 21.3 Å². The van der Waals surface area contributed by atoms with Crippen molar-refractivity contribution in [1.82, 2.24) is 10.3 Å². The summed E-state index contributed by atoms with van der Waals surface area (Å²) < 4.78 is 17.5. The molecule has 166 valence electrons. The maximum Gasteiger partial charge on any atom is 0.268 e. The molecule has 0 saturated carbocycles. The number of hydrogen-bond acceptors (Lipinski definition) is 7. The normalized spacial score (nSPS) is 11.0. The second-order valence-electron chi connectivity index (χ2n) is 7.02. The van der Waals surface area contributed by atoms with Crippen LogP contribution >= 0.6 is 22.9 Å². The van der Waals surface area contributed by atoms with Crippen LogP contribution in [0.2, 0.25) is 5.02 Å². The van der Waals surface area contributed by atoms with Gasteiger partial charge in [-0.3, -0.25) is 4.79 Å². The van der Waals surface area contributed by atoms with Crippen LogP contribution in [0, 0.1) is 0 Å². The first kappa shape index (κ1) is 22.1. The standard InChI is InChI=1S/C23H22ClN3O4S/c1-3-11-29-16-10-9-14(13-17(16)30-12-4-2)20-22(27-31-26-20)25-23(28)21-19(24)15-7-5-6-8-18(15)32-21/h5-10,13H,3-4,11-12H2,1-2H3,(H,25,27,28).